The molecule has 19 heteroatoms. The summed E-state index contributed by atoms with van der Waals surface area (Å²) >= 11 is 0. The molecule has 3 rings (SSSR count). The van der Waals surface area contributed by atoms with Gasteiger partial charge in [0, 0.05) is 6.42 Å². The quantitative estimate of drug-likeness (QED) is 0.0199. The van der Waals surface area contributed by atoms with Gasteiger partial charge in [-0.05, 0) is 44.9 Å². The molecule has 0 bridgehead atoms. The number of carbonyl (C=O) groups excluding carboxylic acids is 1. The Hall–Kier alpha value is -1.73. The summed E-state index contributed by atoms with van der Waals surface area (Å²) in [6.07, 6.45) is 54.7. The molecular formula is C85H161NO18. The Morgan fingerprint density at radius 1 is 0.337 bits per heavy atom. The molecule has 3 saturated heterocycles. The van der Waals surface area contributed by atoms with Gasteiger partial charge < -0.3 is 89.9 Å². The molecule has 1 amide bonds. The predicted octanol–water partition coefficient (Wildman–Crippen LogP) is 15.7. The summed E-state index contributed by atoms with van der Waals surface area (Å²) in [7, 11) is 0. The number of rotatable bonds is 71. The third-order valence-corrected chi connectivity index (χ3v) is 22.0. The van der Waals surface area contributed by atoms with Gasteiger partial charge in [0.1, 0.15) is 73.2 Å². The topological polar surface area (TPSA) is 307 Å². The molecule has 104 heavy (non-hydrogen) atoms. The summed E-state index contributed by atoms with van der Waals surface area (Å²) in [5.74, 6) is -0.266. The first-order valence-corrected chi connectivity index (χ1v) is 43.6. The average Bonchev–Trinajstić information content (AvgIpc) is 0.783. The first-order valence-electron chi connectivity index (χ1n) is 43.6. The average molecular weight is 1490 g/mol. The molecule has 0 spiro atoms. The molecular weight excluding hydrogens is 1320 g/mol. The number of hydrogen-bond acceptors (Lipinski definition) is 18. The molecule has 0 radical (unpaired) electrons. The van der Waals surface area contributed by atoms with Crippen LogP contribution < -0.4 is 5.32 Å². The predicted molar refractivity (Wildman–Crippen MR) is 416 cm³/mol. The van der Waals surface area contributed by atoms with Crippen LogP contribution in [0.1, 0.15) is 380 Å². The number of ether oxygens (including phenoxy) is 6. The molecule has 12 N–H and O–H groups in total. The summed E-state index contributed by atoms with van der Waals surface area (Å²) in [6.45, 7) is 1.80. The molecule has 3 fully saturated rings. The van der Waals surface area contributed by atoms with Crippen LogP contribution in [0.2, 0.25) is 0 Å². The minimum atomic E-state index is -1.98. The van der Waals surface area contributed by atoms with Gasteiger partial charge in [-0.1, -0.05) is 353 Å². The van der Waals surface area contributed by atoms with Crippen LogP contribution in [0.3, 0.4) is 0 Å². The smallest absolute Gasteiger partial charge is 0.220 e. The fraction of sp³-hybridized carbons (Fsp3) is 0.941. The monoisotopic (exact) mass is 1480 g/mol. The maximum absolute atomic E-state index is 13.5. The fourth-order valence-electron chi connectivity index (χ4n) is 15.0. The minimum Gasteiger partial charge on any atom is -0.394 e. The lowest BCUT2D eigenvalue weighted by molar-refractivity contribution is -0.379. The minimum absolute atomic E-state index is 0.249. The van der Waals surface area contributed by atoms with Gasteiger partial charge in [-0.15, -0.1) is 0 Å². The lowest BCUT2D eigenvalue weighted by atomic mass is 9.96. The van der Waals surface area contributed by atoms with Crippen molar-refractivity contribution in [2.75, 3.05) is 26.4 Å². The van der Waals surface area contributed by atoms with Gasteiger partial charge in [0.15, 0.2) is 18.9 Å². The van der Waals surface area contributed by atoms with E-state index in [0.29, 0.717) is 6.42 Å². The number of hydrogen-bond donors (Lipinski definition) is 12. The molecule has 0 aromatic carbocycles. The van der Waals surface area contributed by atoms with E-state index >= 15 is 0 Å². The second-order valence-corrected chi connectivity index (χ2v) is 31.4. The van der Waals surface area contributed by atoms with Crippen molar-refractivity contribution in [2.24, 2.45) is 0 Å². The van der Waals surface area contributed by atoms with Crippen molar-refractivity contribution >= 4 is 5.91 Å². The Labute approximate surface area is 632 Å². The molecule has 17 unspecified atom stereocenters. The summed E-state index contributed by atoms with van der Waals surface area (Å²) in [6, 6.07) is -0.972. The highest BCUT2D eigenvalue weighted by molar-refractivity contribution is 5.76. The maximum atomic E-state index is 13.5. The number of allylic oxidation sites excluding steroid dienone is 3. The third kappa shape index (κ3) is 44.9. The van der Waals surface area contributed by atoms with E-state index < -0.39 is 124 Å². The van der Waals surface area contributed by atoms with Crippen molar-refractivity contribution in [1.82, 2.24) is 5.32 Å². The van der Waals surface area contributed by atoms with E-state index in [2.05, 4.69) is 31.3 Å². The van der Waals surface area contributed by atoms with E-state index in [-0.39, 0.29) is 18.9 Å². The zero-order chi connectivity index (χ0) is 75.3. The summed E-state index contributed by atoms with van der Waals surface area (Å²) < 4.78 is 34.5. The van der Waals surface area contributed by atoms with Gasteiger partial charge in [0.05, 0.1) is 38.6 Å². The lowest BCUT2D eigenvalue weighted by Gasteiger charge is -2.48. The van der Waals surface area contributed by atoms with Crippen LogP contribution in [0.25, 0.3) is 0 Å². The highest BCUT2D eigenvalue weighted by Gasteiger charge is 2.54. The number of amides is 1. The molecule has 17 atom stereocenters. The Balaban J connectivity index is 1.33. The first-order chi connectivity index (χ1) is 50.8. The Kier molecular flexibility index (Phi) is 61.2. The molecule has 3 aliphatic rings. The van der Waals surface area contributed by atoms with Crippen molar-refractivity contribution in [1.29, 1.82) is 0 Å². The lowest BCUT2D eigenvalue weighted by Crippen LogP contribution is -2.66. The maximum Gasteiger partial charge on any atom is 0.220 e. The highest BCUT2D eigenvalue weighted by atomic mass is 16.8. The van der Waals surface area contributed by atoms with Crippen molar-refractivity contribution < 1.29 is 89.4 Å². The van der Waals surface area contributed by atoms with E-state index in [1.165, 1.54) is 308 Å². The molecule has 3 heterocycles. The number of carbonyl (C=O) groups is 1. The Morgan fingerprint density at radius 3 is 0.933 bits per heavy atom. The van der Waals surface area contributed by atoms with Crippen molar-refractivity contribution in [2.45, 2.75) is 484 Å². The van der Waals surface area contributed by atoms with Crippen LogP contribution >= 0.6 is 0 Å². The fourth-order valence-corrected chi connectivity index (χ4v) is 15.0. The second-order valence-electron chi connectivity index (χ2n) is 31.4. The van der Waals surface area contributed by atoms with E-state index in [9.17, 15) is 61.0 Å². The Morgan fingerprint density at radius 2 is 0.606 bits per heavy atom. The van der Waals surface area contributed by atoms with E-state index in [4.69, 9.17) is 28.4 Å². The van der Waals surface area contributed by atoms with Gasteiger partial charge in [0.25, 0.3) is 0 Å². The van der Waals surface area contributed by atoms with E-state index in [1.807, 2.05) is 6.08 Å². The molecule has 19 nitrogen and oxygen atoms in total. The molecule has 614 valence electrons. The summed E-state index contributed by atoms with van der Waals surface area (Å²) in [5.41, 5.74) is 0. The van der Waals surface area contributed by atoms with Crippen molar-refractivity contribution in [3.05, 3.63) is 24.3 Å². The standard InChI is InChI=1S/C85H161NO18/c1-3-5-7-9-11-13-15-17-19-21-23-25-27-29-30-31-32-33-34-35-36-37-38-39-41-43-45-47-49-51-53-55-57-59-61-63-73(91)86-68(69(90)62-60-58-56-54-52-50-48-46-44-42-40-28-26-24-22-20-18-16-14-12-10-8-6-4-2)67-99-83-79(97)76(94)81(71(65-88)101-83)104-85-80(98)77(95)82(72(66-89)102-85)103-84-78(96)75(93)74(92)70(64-87)100-84/h21,23,60,62,68-72,74-85,87-90,92-98H,3-20,22,24-59,61,63-67H2,1-2H3,(H,86,91)/b23-21-,62-60+. The van der Waals surface area contributed by atoms with Gasteiger partial charge in [-0.2, -0.15) is 0 Å². The van der Waals surface area contributed by atoms with Gasteiger partial charge in [-0.3, -0.25) is 4.79 Å². The zero-order valence-electron chi connectivity index (χ0n) is 66.0. The van der Waals surface area contributed by atoms with Crippen molar-refractivity contribution in [3.63, 3.8) is 0 Å². The summed E-state index contributed by atoms with van der Waals surface area (Å²) in [4.78, 5) is 13.5. The molecule has 0 aromatic heterocycles. The van der Waals surface area contributed by atoms with Crippen LogP contribution in [-0.4, -0.2) is 193 Å². The number of aliphatic hydroxyl groups is 11. The van der Waals surface area contributed by atoms with Crippen LogP contribution in [0, 0.1) is 0 Å². The molecule has 0 aromatic rings. The van der Waals surface area contributed by atoms with Crippen LogP contribution in [0.5, 0.6) is 0 Å². The number of unbranched alkanes of at least 4 members (excludes halogenated alkanes) is 53. The van der Waals surface area contributed by atoms with Crippen LogP contribution in [0.15, 0.2) is 24.3 Å². The molecule has 3 aliphatic heterocycles. The van der Waals surface area contributed by atoms with Gasteiger partial charge >= 0.3 is 0 Å². The molecule has 0 aliphatic carbocycles. The normalized spacial score (nSPS) is 26.0. The van der Waals surface area contributed by atoms with E-state index in [1.54, 1.807) is 6.08 Å². The highest BCUT2D eigenvalue weighted by Crippen LogP contribution is 2.34. The SMILES string of the molecule is CCCCCCCCCC/C=C\CCCCCCCCCCCCCCCCCCCCCCCCCC(=O)NC(COC1OC(CO)C(OC2OC(CO)C(OC3OC(CO)C(O)C(O)C3O)C(O)C2O)C(O)C1O)C(O)/C=C/CCCCCCCCCCCCCCCCCCCCCCCC. The van der Waals surface area contributed by atoms with Crippen LogP contribution in [-0.2, 0) is 33.2 Å². The molecule has 0 saturated carbocycles. The first kappa shape index (κ1) is 96.5. The summed E-state index contributed by atoms with van der Waals surface area (Å²) in [5, 5.41) is 121. The van der Waals surface area contributed by atoms with Crippen LogP contribution in [0.4, 0.5) is 0 Å². The third-order valence-electron chi connectivity index (χ3n) is 22.0. The largest absolute Gasteiger partial charge is 0.394 e. The number of nitrogens with one attached hydrogen (secondary N) is 1. The second kappa shape index (κ2) is 65.9. The van der Waals surface area contributed by atoms with Gasteiger partial charge in [-0.25, -0.2) is 0 Å². The Bertz CT molecular complexity index is 1970. The van der Waals surface area contributed by atoms with Gasteiger partial charge in [0.2, 0.25) is 5.91 Å². The van der Waals surface area contributed by atoms with Crippen molar-refractivity contribution in [3.8, 4) is 0 Å². The zero-order valence-corrected chi connectivity index (χ0v) is 66.0. The van der Waals surface area contributed by atoms with E-state index in [0.717, 1.165) is 44.9 Å². The number of aliphatic hydroxyl groups excluding tert-OH is 11.